The van der Waals surface area contributed by atoms with Crippen LogP contribution in [0.25, 0.3) is 0 Å². The fraction of sp³-hybridized carbons (Fsp3) is 1.00. The minimum absolute atomic E-state index is 0. The Morgan fingerprint density at radius 1 is 0.917 bits per heavy atom. The number of hydrogen-bond donors (Lipinski definition) is 0. The van der Waals surface area contributed by atoms with Crippen molar-refractivity contribution in [2.75, 3.05) is 0 Å². The molecule has 0 saturated heterocycles. The molecule has 0 unspecified atom stereocenters. The number of halogens is 2. The molecule has 0 amide bonds. The minimum Gasteiger partial charge on any atom is 1.00 e. The molecule has 0 aliphatic heterocycles. The van der Waals surface area contributed by atoms with Gasteiger partial charge in [0, 0.05) is 0 Å². The van der Waals surface area contributed by atoms with E-state index in [0.717, 1.165) is 0 Å². The van der Waals surface area contributed by atoms with Crippen molar-refractivity contribution >= 4 is 47.7 Å². The Bertz CT molecular complexity index is 89.1. The average molecular weight is 494 g/mol. The fourth-order valence-corrected chi connectivity index (χ4v) is 16.9. The van der Waals surface area contributed by atoms with E-state index in [1.165, 1.54) is 25.7 Å². The summed E-state index contributed by atoms with van der Waals surface area (Å²) in [5.41, 5.74) is 0. The Morgan fingerprint density at radius 3 is 1.50 bits per heavy atom. The molecule has 0 fully saturated rings. The smallest absolute Gasteiger partial charge is 1.00 e. The standard InChI is InChI=1S/2C4H9.2HI.Li.Sn/c2*1-3-4-2;;;;/h2*1,3-4H2,2H3;2*1H;;/q;;;;2*+1/p-2. The normalized spacial score (nSPS) is 11.0. The van der Waals surface area contributed by atoms with Gasteiger partial charge >= 0.3 is 115 Å². The summed E-state index contributed by atoms with van der Waals surface area (Å²) >= 11 is 5.64. The van der Waals surface area contributed by atoms with Crippen molar-refractivity contribution in [1.29, 1.82) is 0 Å². The number of unbranched alkanes of at least 4 members (excludes halogenated alkanes) is 2. The largest absolute Gasteiger partial charge is 1.00 e. The molecule has 69 valence electrons. The van der Waals surface area contributed by atoms with Gasteiger partial charge in [0.1, 0.15) is 0 Å². The second-order valence-electron chi connectivity index (χ2n) is 3.06. The third-order valence-corrected chi connectivity index (χ3v) is 22.5. The molecule has 0 aromatic carbocycles. The molecule has 0 rings (SSSR count). The second-order valence-corrected chi connectivity index (χ2v) is 52.4. The van der Waals surface area contributed by atoms with Crippen LogP contribution in [0.3, 0.4) is 0 Å². The molecule has 0 nitrogen and oxygen atoms in total. The molecular weight excluding hydrogens is 476 g/mol. The van der Waals surface area contributed by atoms with Crippen molar-refractivity contribution < 1.29 is 18.9 Å². The maximum Gasteiger partial charge on any atom is 1.00 e. The van der Waals surface area contributed by atoms with Gasteiger partial charge in [-0.25, -0.2) is 0 Å². The van der Waals surface area contributed by atoms with Crippen molar-refractivity contribution in [3.05, 3.63) is 0 Å². The SMILES string of the molecule is CCC[CH2][Sn-]([I])([I])[CH2]CCC.[Li+]. The maximum atomic E-state index is 2.82. The predicted molar refractivity (Wildman–Crippen MR) is 73.2 cm³/mol. The molecule has 0 aliphatic rings. The van der Waals surface area contributed by atoms with Crippen LogP contribution in [0.2, 0.25) is 8.87 Å². The second kappa shape index (κ2) is 10.4. The molecule has 0 aromatic rings. The quantitative estimate of drug-likeness (QED) is 0.392. The average Bonchev–Trinajstić information content (AvgIpc) is 1.97. The Labute approximate surface area is 113 Å². The van der Waals surface area contributed by atoms with E-state index < -0.39 is 10.4 Å². The van der Waals surface area contributed by atoms with Crippen LogP contribution in [0.15, 0.2) is 0 Å². The molecule has 0 aliphatic carbocycles. The van der Waals surface area contributed by atoms with Gasteiger partial charge in [0.05, 0.1) is 0 Å². The summed E-state index contributed by atoms with van der Waals surface area (Å²) in [6.07, 6.45) is 5.73. The van der Waals surface area contributed by atoms with Gasteiger partial charge in [-0.3, -0.25) is 0 Å². The van der Waals surface area contributed by atoms with E-state index in [-0.39, 0.29) is 18.9 Å². The van der Waals surface area contributed by atoms with Crippen molar-refractivity contribution in [2.45, 2.75) is 48.4 Å². The van der Waals surface area contributed by atoms with Crippen molar-refractivity contribution in [2.24, 2.45) is 0 Å². The van der Waals surface area contributed by atoms with Crippen molar-refractivity contribution in [3.63, 3.8) is 0 Å². The molecule has 0 N–H and O–H groups in total. The van der Waals surface area contributed by atoms with Gasteiger partial charge in [0.15, 0.2) is 0 Å². The van der Waals surface area contributed by atoms with E-state index in [1.54, 1.807) is 8.87 Å². The van der Waals surface area contributed by atoms with Gasteiger partial charge in [0.25, 0.3) is 0 Å². The first-order valence-electron chi connectivity index (χ1n) is 4.50. The van der Waals surface area contributed by atoms with Gasteiger partial charge < -0.3 is 0 Å². The Balaban J connectivity index is 0. The van der Waals surface area contributed by atoms with E-state index in [9.17, 15) is 0 Å². The third-order valence-electron chi connectivity index (χ3n) is 1.79. The van der Waals surface area contributed by atoms with Gasteiger partial charge in [-0.1, -0.05) is 0 Å². The fourth-order valence-electron chi connectivity index (χ4n) is 0.996. The summed E-state index contributed by atoms with van der Waals surface area (Å²) < 4.78 is 3.18. The molecule has 0 spiro atoms. The van der Waals surface area contributed by atoms with Crippen LogP contribution >= 0.6 is 37.3 Å². The zero-order valence-electron chi connectivity index (χ0n) is 8.50. The topological polar surface area (TPSA) is 0 Å². The van der Waals surface area contributed by atoms with Gasteiger partial charge in [-0.15, -0.1) is 0 Å². The van der Waals surface area contributed by atoms with Crippen LogP contribution in [-0.4, -0.2) is 10.4 Å². The summed E-state index contributed by atoms with van der Waals surface area (Å²) in [6, 6.07) is 0. The van der Waals surface area contributed by atoms with Gasteiger partial charge in [-0.2, -0.15) is 0 Å². The van der Waals surface area contributed by atoms with Crippen LogP contribution in [0, 0.1) is 0 Å². The van der Waals surface area contributed by atoms with E-state index in [4.69, 9.17) is 0 Å². The van der Waals surface area contributed by atoms with Crippen LogP contribution in [-0.2, 0) is 0 Å². The first-order valence-corrected chi connectivity index (χ1v) is 25.2. The Morgan fingerprint density at radius 2 is 1.25 bits per heavy atom. The van der Waals surface area contributed by atoms with Gasteiger partial charge in [0.2, 0.25) is 0 Å². The molecule has 12 heavy (non-hydrogen) atoms. The van der Waals surface area contributed by atoms with Crippen LogP contribution in [0.1, 0.15) is 39.5 Å². The minimum atomic E-state index is -1.50. The molecule has 0 heterocycles. The molecule has 0 aromatic heterocycles. The molecule has 0 saturated carbocycles. The van der Waals surface area contributed by atoms with Crippen LogP contribution in [0.5, 0.6) is 0 Å². The van der Waals surface area contributed by atoms with Crippen molar-refractivity contribution in [3.8, 4) is 0 Å². The van der Waals surface area contributed by atoms with E-state index in [0.29, 0.717) is 0 Å². The number of hydrogen-bond acceptors (Lipinski definition) is 0. The molecule has 4 heteroatoms. The third kappa shape index (κ3) is 10.9. The summed E-state index contributed by atoms with van der Waals surface area (Å²) in [5, 5.41) is 0. The number of rotatable bonds is 6. The molecule has 0 bridgehead atoms. The first-order chi connectivity index (χ1) is 5.12. The molecule has 0 radical (unpaired) electrons. The van der Waals surface area contributed by atoms with Gasteiger partial charge in [-0.05, 0) is 0 Å². The summed E-state index contributed by atoms with van der Waals surface area (Å²) in [4.78, 5) is 0. The van der Waals surface area contributed by atoms with Crippen molar-refractivity contribution in [1.82, 2.24) is 0 Å². The van der Waals surface area contributed by atoms with E-state index >= 15 is 0 Å². The predicted octanol–water partition coefficient (Wildman–Crippen LogP) is 1.90. The summed E-state index contributed by atoms with van der Waals surface area (Å²) in [7, 11) is -1.50. The zero-order chi connectivity index (χ0) is 8.74. The van der Waals surface area contributed by atoms with E-state index in [2.05, 4.69) is 51.1 Å². The monoisotopic (exact) mass is 495 g/mol. The van der Waals surface area contributed by atoms with Crippen LogP contribution < -0.4 is 18.9 Å². The summed E-state index contributed by atoms with van der Waals surface area (Å²) in [5.74, 6) is 0. The Kier molecular flexibility index (Phi) is 14.9. The zero-order valence-corrected chi connectivity index (χ0v) is 15.7. The first kappa shape index (κ1) is 17.3. The Hall–Kier alpha value is 2.86. The van der Waals surface area contributed by atoms with E-state index in [1.807, 2.05) is 0 Å². The molecular formula is C8H18I2LiSn. The summed E-state index contributed by atoms with van der Waals surface area (Å²) in [6.45, 7) is 4.60. The van der Waals surface area contributed by atoms with Crippen LogP contribution in [0.4, 0.5) is 0 Å². The molecule has 0 atom stereocenters. The maximum absolute atomic E-state index is 2.82.